The molecule has 2 aromatic heterocycles. The van der Waals surface area contributed by atoms with Gasteiger partial charge in [-0.2, -0.15) is 5.26 Å². The molecule has 0 unspecified atom stereocenters. The zero-order chi connectivity index (χ0) is 21.1. The second-order valence-corrected chi connectivity index (χ2v) is 8.67. The van der Waals surface area contributed by atoms with Gasteiger partial charge in [-0.25, -0.2) is 9.78 Å². The first-order chi connectivity index (χ1) is 14.7. The molecule has 0 aliphatic rings. The van der Waals surface area contributed by atoms with Gasteiger partial charge in [0.2, 0.25) is 0 Å². The molecule has 7 heteroatoms. The van der Waals surface area contributed by atoms with Gasteiger partial charge in [0.05, 0.1) is 30.8 Å². The Bertz CT molecular complexity index is 1250. The third-order valence-corrected chi connectivity index (χ3v) is 6.56. The van der Waals surface area contributed by atoms with Crippen LogP contribution in [0.2, 0.25) is 0 Å². The first-order valence-electron chi connectivity index (χ1n) is 9.43. The zero-order valence-corrected chi connectivity index (χ0v) is 18.2. The number of thioether (sulfide) groups is 1. The number of fused-ring (bicyclic) bond motifs is 1. The molecule has 30 heavy (non-hydrogen) atoms. The van der Waals surface area contributed by atoms with E-state index < -0.39 is 0 Å². The summed E-state index contributed by atoms with van der Waals surface area (Å²) in [5.41, 5.74) is 5.31. The van der Waals surface area contributed by atoms with Crippen molar-refractivity contribution in [1.82, 2.24) is 9.55 Å². The number of ether oxygens (including phenoxy) is 1. The van der Waals surface area contributed by atoms with Crippen molar-refractivity contribution in [2.75, 3.05) is 12.9 Å². The number of nitriles is 1. The second-order valence-electron chi connectivity index (χ2n) is 6.56. The van der Waals surface area contributed by atoms with Crippen LogP contribution in [0.3, 0.4) is 0 Å². The molecule has 0 bridgehead atoms. The summed E-state index contributed by atoms with van der Waals surface area (Å²) in [7, 11) is 1.40. The van der Waals surface area contributed by atoms with E-state index in [9.17, 15) is 10.1 Å². The molecule has 0 aliphatic carbocycles. The largest absolute Gasteiger partial charge is 0.465 e. The van der Waals surface area contributed by atoms with E-state index in [1.807, 2.05) is 41.8 Å². The summed E-state index contributed by atoms with van der Waals surface area (Å²) in [5, 5.41) is 12.1. The van der Waals surface area contributed by atoms with Crippen LogP contribution in [-0.4, -0.2) is 28.4 Å². The van der Waals surface area contributed by atoms with E-state index in [4.69, 9.17) is 9.72 Å². The average molecular weight is 434 g/mol. The molecule has 0 atom stereocenters. The highest BCUT2D eigenvalue weighted by Gasteiger charge is 2.21. The van der Waals surface area contributed by atoms with Crippen molar-refractivity contribution in [3.63, 3.8) is 0 Å². The first kappa shape index (κ1) is 20.2. The minimum atomic E-state index is -0.340. The van der Waals surface area contributed by atoms with Crippen molar-refractivity contribution < 1.29 is 9.53 Å². The molecular formula is C23H19N3O2S2. The highest BCUT2D eigenvalue weighted by atomic mass is 32.2. The first-order valence-corrected chi connectivity index (χ1v) is 11.3. The highest BCUT2D eigenvalue weighted by Crippen LogP contribution is 2.32. The summed E-state index contributed by atoms with van der Waals surface area (Å²) < 4.78 is 7.05. The fraction of sp³-hybridized carbons (Fsp3) is 0.174. The van der Waals surface area contributed by atoms with E-state index in [-0.39, 0.29) is 5.97 Å². The molecule has 0 spiro atoms. The highest BCUT2D eigenvalue weighted by molar-refractivity contribution is 7.99. The molecular weight excluding hydrogens is 414 g/mol. The molecule has 2 aromatic carbocycles. The Morgan fingerprint density at radius 1 is 1.23 bits per heavy atom. The third-order valence-electron chi connectivity index (χ3n) is 4.76. The van der Waals surface area contributed by atoms with Gasteiger partial charge in [0.25, 0.3) is 0 Å². The molecule has 0 saturated carbocycles. The molecule has 4 rings (SSSR count). The fourth-order valence-corrected chi connectivity index (χ4v) is 5.00. The fourth-order valence-electron chi connectivity index (χ4n) is 3.37. The van der Waals surface area contributed by atoms with Crippen LogP contribution in [0, 0.1) is 11.3 Å². The van der Waals surface area contributed by atoms with Gasteiger partial charge in [0.15, 0.2) is 5.16 Å². The number of thiophene rings is 1. The SMILES string of the molecule is CCSc1nc2csc(C(=O)OC)c2n1Cc1ccc(-c2ccccc2C#N)cc1. The molecule has 0 saturated heterocycles. The molecule has 0 amide bonds. The van der Waals surface area contributed by atoms with Gasteiger partial charge in [-0.15, -0.1) is 11.3 Å². The Hall–Kier alpha value is -3.08. The van der Waals surface area contributed by atoms with E-state index in [0.29, 0.717) is 17.0 Å². The predicted octanol–water partition coefficient (Wildman–Crippen LogP) is 5.58. The third kappa shape index (κ3) is 3.72. The maximum Gasteiger partial charge on any atom is 0.350 e. The Morgan fingerprint density at radius 3 is 2.70 bits per heavy atom. The van der Waals surface area contributed by atoms with Crippen LogP contribution in [0.25, 0.3) is 22.2 Å². The number of hydrogen-bond donors (Lipinski definition) is 0. The molecule has 2 heterocycles. The number of nitrogens with zero attached hydrogens (tertiary/aromatic N) is 3. The Balaban J connectivity index is 1.72. The number of rotatable bonds is 6. The van der Waals surface area contributed by atoms with Gasteiger partial charge >= 0.3 is 5.97 Å². The Morgan fingerprint density at radius 2 is 2.00 bits per heavy atom. The van der Waals surface area contributed by atoms with Crippen molar-refractivity contribution in [1.29, 1.82) is 5.26 Å². The normalized spacial score (nSPS) is 10.8. The maximum atomic E-state index is 12.2. The van der Waals surface area contributed by atoms with Gasteiger partial charge < -0.3 is 9.30 Å². The number of esters is 1. The summed E-state index contributed by atoms with van der Waals surface area (Å²) >= 11 is 3.01. The molecule has 0 N–H and O–H groups in total. The van der Waals surface area contributed by atoms with Crippen molar-refractivity contribution in [3.8, 4) is 17.2 Å². The van der Waals surface area contributed by atoms with Crippen LogP contribution >= 0.6 is 23.1 Å². The number of aromatic nitrogens is 2. The van der Waals surface area contributed by atoms with E-state index in [2.05, 4.69) is 29.7 Å². The molecule has 150 valence electrons. The lowest BCUT2D eigenvalue weighted by Gasteiger charge is -2.11. The van der Waals surface area contributed by atoms with Gasteiger partial charge in [0.1, 0.15) is 10.4 Å². The molecule has 4 aromatic rings. The van der Waals surface area contributed by atoms with E-state index >= 15 is 0 Å². The Labute approximate surface area is 182 Å². The van der Waals surface area contributed by atoms with Crippen LogP contribution in [0.1, 0.15) is 27.7 Å². The van der Waals surface area contributed by atoms with Gasteiger partial charge in [-0.1, -0.05) is 61.2 Å². The summed E-state index contributed by atoms with van der Waals surface area (Å²) in [4.78, 5) is 17.5. The van der Waals surface area contributed by atoms with Crippen LogP contribution < -0.4 is 0 Å². The second kappa shape index (κ2) is 8.74. The number of imidazole rings is 1. The average Bonchev–Trinajstić information content (AvgIpc) is 3.34. The van der Waals surface area contributed by atoms with E-state index in [0.717, 1.165) is 38.6 Å². The number of carbonyl (C=O) groups excluding carboxylic acids is 1. The standard InChI is InChI=1S/C23H19N3O2S2/c1-3-29-23-25-19-14-30-21(22(27)28-2)20(19)26(23)13-15-8-10-16(11-9-15)18-7-5-4-6-17(18)12-24/h4-11,14H,3,13H2,1-2H3. The molecule has 5 nitrogen and oxygen atoms in total. The van der Waals surface area contributed by atoms with Crippen molar-refractivity contribution in [2.24, 2.45) is 0 Å². The van der Waals surface area contributed by atoms with Crippen molar-refractivity contribution in [2.45, 2.75) is 18.6 Å². The van der Waals surface area contributed by atoms with Crippen LogP contribution in [0.5, 0.6) is 0 Å². The summed E-state index contributed by atoms with van der Waals surface area (Å²) in [5.74, 6) is 0.549. The van der Waals surface area contributed by atoms with Gasteiger partial charge in [-0.3, -0.25) is 0 Å². The van der Waals surface area contributed by atoms with Crippen molar-refractivity contribution in [3.05, 3.63) is 69.9 Å². The number of benzene rings is 2. The summed E-state index contributed by atoms with van der Waals surface area (Å²) in [6.07, 6.45) is 0. The predicted molar refractivity (Wildman–Crippen MR) is 121 cm³/mol. The smallest absolute Gasteiger partial charge is 0.350 e. The molecule has 0 fully saturated rings. The summed E-state index contributed by atoms with van der Waals surface area (Å²) in [6.45, 7) is 2.68. The Kier molecular flexibility index (Phi) is 5.88. The zero-order valence-electron chi connectivity index (χ0n) is 16.6. The number of carbonyl (C=O) groups is 1. The lowest BCUT2D eigenvalue weighted by atomic mass is 9.99. The lowest BCUT2D eigenvalue weighted by Crippen LogP contribution is -2.06. The van der Waals surface area contributed by atoms with Crippen molar-refractivity contribution >= 4 is 40.1 Å². The molecule has 0 aliphatic heterocycles. The number of methoxy groups -OCH3 is 1. The van der Waals surface area contributed by atoms with E-state index in [1.165, 1.54) is 18.4 Å². The monoisotopic (exact) mass is 433 g/mol. The summed E-state index contributed by atoms with van der Waals surface area (Å²) in [6, 6.07) is 18.0. The topological polar surface area (TPSA) is 67.9 Å². The maximum absolute atomic E-state index is 12.2. The quantitative estimate of drug-likeness (QED) is 0.293. The minimum Gasteiger partial charge on any atom is -0.465 e. The molecule has 0 radical (unpaired) electrons. The van der Waals surface area contributed by atoms with E-state index in [1.54, 1.807) is 11.8 Å². The lowest BCUT2D eigenvalue weighted by molar-refractivity contribution is 0.0608. The van der Waals surface area contributed by atoms with Crippen LogP contribution in [0.4, 0.5) is 0 Å². The van der Waals surface area contributed by atoms with Gasteiger partial charge in [0, 0.05) is 5.38 Å². The number of hydrogen-bond acceptors (Lipinski definition) is 6. The van der Waals surface area contributed by atoms with Crippen LogP contribution in [0.15, 0.2) is 59.1 Å². The van der Waals surface area contributed by atoms with Crippen LogP contribution in [-0.2, 0) is 11.3 Å². The van der Waals surface area contributed by atoms with Gasteiger partial charge in [-0.05, 0) is 28.5 Å². The minimum absolute atomic E-state index is 0.340.